The Bertz CT molecular complexity index is 1220. The largest absolute Gasteiger partial charge is 0.494 e. The first kappa shape index (κ1) is 23.9. The van der Waals surface area contributed by atoms with Gasteiger partial charge in [-0.05, 0) is 48.4 Å². The number of rotatable bonds is 10. The van der Waals surface area contributed by atoms with Gasteiger partial charge in [-0.25, -0.2) is 8.42 Å². The van der Waals surface area contributed by atoms with Crippen LogP contribution in [0, 0.1) is 0 Å². The number of amides is 1. The maximum absolute atomic E-state index is 12.4. The predicted octanol–water partition coefficient (Wildman–Crippen LogP) is 4.69. The van der Waals surface area contributed by atoms with Crippen LogP contribution >= 0.6 is 0 Å². The van der Waals surface area contributed by atoms with Crippen LogP contribution in [0.2, 0.25) is 0 Å². The van der Waals surface area contributed by atoms with E-state index in [1.807, 2.05) is 54.6 Å². The van der Waals surface area contributed by atoms with Crippen molar-refractivity contribution in [1.82, 2.24) is 0 Å². The van der Waals surface area contributed by atoms with Gasteiger partial charge < -0.3 is 14.8 Å². The first-order valence-electron chi connectivity index (χ1n) is 10.3. The third-order valence-corrected chi connectivity index (χ3v) is 5.94. The molecule has 0 aliphatic rings. The zero-order valence-electron chi connectivity index (χ0n) is 18.4. The van der Waals surface area contributed by atoms with E-state index in [-0.39, 0.29) is 11.7 Å². The van der Waals surface area contributed by atoms with Crippen molar-refractivity contribution < 1.29 is 22.7 Å². The smallest absolute Gasteiger partial charge is 0.248 e. The van der Waals surface area contributed by atoms with Crippen molar-refractivity contribution in [3.8, 4) is 11.5 Å². The van der Waals surface area contributed by atoms with Gasteiger partial charge >= 0.3 is 0 Å². The van der Waals surface area contributed by atoms with E-state index in [1.165, 1.54) is 13.2 Å². The van der Waals surface area contributed by atoms with Gasteiger partial charge in [-0.2, -0.15) is 0 Å². The molecule has 0 aliphatic carbocycles. The Morgan fingerprint density at radius 3 is 2.52 bits per heavy atom. The molecule has 0 aromatic heterocycles. The van der Waals surface area contributed by atoms with E-state index < -0.39 is 10.0 Å². The summed E-state index contributed by atoms with van der Waals surface area (Å²) in [6, 6.07) is 22.0. The Hall–Kier alpha value is -3.78. The van der Waals surface area contributed by atoms with Crippen LogP contribution in [0.3, 0.4) is 0 Å². The number of sulfonamides is 1. The molecule has 8 heteroatoms. The lowest BCUT2D eigenvalue weighted by Crippen LogP contribution is -2.15. The normalized spacial score (nSPS) is 11.2. The molecule has 3 aromatic rings. The fraction of sp³-hybridized carbons (Fsp3) is 0.160. The topological polar surface area (TPSA) is 93.7 Å². The highest BCUT2D eigenvalue weighted by atomic mass is 32.2. The number of hydrogen-bond acceptors (Lipinski definition) is 5. The van der Waals surface area contributed by atoms with E-state index >= 15 is 0 Å². The zero-order chi connectivity index (χ0) is 23.7. The molecule has 0 bridgehead atoms. The molecule has 0 heterocycles. The monoisotopic (exact) mass is 466 g/mol. The number of hydrogen-bond donors (Lipinski definition) is 2. The number of carbonyl (C=O) groups excluding carboxylic acids is 1. The Balaban J connectivity index is 1.61. The van der Waals surface area contributed by atoms with Crippen molar-refractivity contribution in [1.29, 1.82) is 0 Å². The fourth-order valence-electron chi connectivity index (χ4n) is 2.90. The van der Waals surface area contributed by atoms with E-state index in [0.717, 1.165) is 11.1 Å². The highest BCUT2D eigenvalue weighted by Crippen LogP contribution is 2.29. The summed E-state index contributed by atoms with van der Waals surface area (Å²) in [6.07, 6.45) is 3.10. The van der Waals surface area contributed by atoms with Crippen molar-refractivity contribution in [3.63, 3.8) is 0 Å². The van der Waals surface area contributed by atoms with E-state index in [2.05, 4.69) is 10.0 Å². The molecule has 0 spiro atoms. The average Bonchev–Trinajstić information content (AvgIpc) is 2.83. The van der Waals surface area contributed by atoms with Gasteiger partial charge in [0.25, 0.3) is 0 Å². The summed E-state index contributed by atoms with van der Waals surface area (Å²) >= 11 is 0. The molecule has 0 atom stereocenters. The quantitative estimate of drug-likeness (QED) is 0.423. The standard InChI is InChI=1S/C25H26N2O5S/c1-3-33(29,30)27-23-14-13-21(17-24(23)31-2)26-25(28)15-12-19-10-7-11-22(16-19)32-18-20-8-5-4-6-9-20/h4-17,27H,3,18H2,1-2H3,(H,26,28)/b15-12+. The third-order valence-electron chi connectivity index (χ3n) is 4.65. The lowest BCUT2D eigenvalue weighted by Gasteiger charge is -2.12. The Kier molecular flexibility index (Phi) is 8.10. The van der Waals surface area contributed by atoms with Crippen LogP contribution in [0.15, 0.2) is 78.9 Å². The Labute approximate surface area is 194 Å². The second-order valence-electron chi connectivity index (χ2n) is 7.09. The first-order chi connectivity index (χ1) is 15.9. The molecule has 0 aliphatic heterocycles. The SMILES string of the molecule is CCS(=O)(=O)Nc1ccc(NC(=O)/C=C/c2cccc(OCc3ccccc3)c2)cc1OC. The van der Waals surface area contributed by atoms with Crippen molar-refractivity contribution >= 4 is 33.4 Å². The van der Waals surface area contributed by atoms with Crippen LogP contribution in [0.5, 0.6) is 11.5 Å². The molecule has 0 fully saturated rings. The van der Waals surface area contributed by atoms with E-state index in [1.54, 1.807) is 31.2 Å². The van der Waals surface area contributed by atoms with Crippen LogP contribution in [0.1, 0.15) is 18.1 Å². The van der Waals surface area contributed by atoms with Crippen LogP contribution in [-0.4, -0.2) is 27.2 Å². The summed E-state index contributed by atoms with van der Waals surface area (Å²) in [7, 11) is -2.01. The fourth-order valence-corrected chi connectivity index (χ4v) is 3.55. The second-order valence-corrected chi connectivity index (χ2v) is 9.10. The third kappa shape index (κ3) is 7.40. The molecule has 7 nitrogen and oxygen atoms in total. The minimum Gasteiger partial charge on any atom is -0.494 e. The number of ether oxygens (including phenoxy) is 2. The summed E-state index contributed by atoms with van der Waals surface area (Å²) in [4.78, 5) is 12.4. The summed E-state index contributed by atoms with van der Waals surface area (Å²) in [5.74, 6) is 0.612. The van der Waals surface area contributed by atoms with E-state index in [9.17, 15) is 13.2 Å². The number of benzene rings is 3. The number of anilines is 2. The van der Waals surface area contributed by atoms with Gasteiger partial charge in [0, 0.05) is 17.8 Å². The van der Waals surface area contributed by atoms with Crippen LogP contribution in [0.4, 0.5) is 11.4 Å². The minimum atomic E-state index is -3.44. The minimum absolute atomic E-state index is 0.0576. The predicted molar refractivity (Wildman–Crippen MR) is 131 cm³/mol. The lowest BCUT2D eigenvalue weighted by molar-refractivity contribution is -0.111. The van der Waals surface area contributed by atoms with E-state index in [4.69, 9.17) is 9.47 Å². The van der Waals surface area contributed by atoms with Gasteiger partial charge in [0.2, 0.25) is 15.9 Å². The Morgan fingerprint density at radius 1 is 1.00 bits per heavy atom. The van der Waals surface area contributed by atoms with Gasteiger partial charge in [-0.3, -0.25) is 9.52 Å². The van der Waals surface area contributed by atoms with Gasteiger partial charge in [0.15, 0.2) is 0 Å². The maximum Gasteiger partial charge on any atom is 0.248 e. The molecule has 1 amide bonds. The number of carbonyl (C=O) groups is 1. The van der Waals surface area contributed by atoms with Crippen LogP contribution < -0.4 is 19.5 Å². The van der Waals surface area contributed by atoms with Gasteiger partial charge in [0.05, 0.1) is 18.6 Å². The van der Waals surface area contributed by atoms with Crippen molar-refractivity contribution in [2.24, 2.45) is 0 Å². The number of methoxy groups -OCH3 is 1. The summed E-state index contributed by atoms with van der Waals surface area (Å²) in [5.41, 5.74) is 2.67. The molecule has 3 rings (SSSR count). The highest BCUT2D eigenvalue weighted by molar-refractivity contribution is 7.92. The molecule has 0 radical (unpaired) electrons. The van der Waals surface area contributed by atoms with Gasteiger partial charge in [-0.15, -0.1) is 0 Å². The molecule has 0 saturated carbocycles. The molecule has 0 saturated heterocycles. The zero-order valence-corrected chi connectivity index (χ0v) is 19.3. The molecule has 0 unspecified atom stereocenters. The molecule has 33 heavy (non-hydrogen) atoms. The van der Waals surface area contributed by atoms with Gasteiger partial charge in [0.1, 0.15) is 18.1 Å². The average molecular weight is 467 g/mol. The molecule has 2 N–H and O–H groups in total. The molecular formula is C25H26N2O5S. The molecular weight excluding hydrogens is 440 g/mol. The van der Waals surface area contributed by atoms with Crippen molar-refractivity contribution in [2.75, 3.05) is 22.9 Å². The molecule has 172 valence electrons. The summed E-state index contributed by atoms with van der Waals surface area (Å²) < 4.78 is 37.1. The van der Waals surface area contributed by atoms with Crippen molar-refractivity contribution in [3.05, 3.63) is 90.0 Å². The maximum atomic E-state index is 12.4. The van der Waals surface area contributed by atoms with Crippen LogP contribution in [-0.2, 0) is 21.4 Å². The van der Waals surface area contributed by atoms with Crippen LogP contribution in [0.25, 0.3) is 6.08 Å². The summed E-state index contributed by atoms with van der Waals surface area (Å²) in [6.45, 7) is 2.00. The second kappa shape index (κ2) is 11.2. The van der Waals surface area contributed by atoms with E-state index in [0.29, 0.717) is 29.5 Å². The number of nitrogens with one attached hydrogen (secondary N) is 2. The Morgan fingerprint density at radius 2 is 1.79 bits per heavy atom. The van der Waals surface area contributed by atoms with Crippen molar-refractivity contribution in [2.45, 2.75) is 13.5 Å². The lowest BCUT2D eigenvalue weighted by atomic mass is 10.2. The molecule has 3 aromatic carbocycles. The highest BCUT2D eigenvalue weighted by Gasteiger charge is 2.12. The first-order valence-corrected chi connectivity index (χ1v) is 12.0. The summed E-state index contributed by atoms with van der Waals surface area (Å²) in [5, 5.41) is 2.74. The van der Waals surface area contributed by atoms with Gasteiger partial charge in [-0.1, -0.05) is 42.5 Å².